The maximum absolute atomic E-state index is 12.8. The number of nitrogens with one attached hydrogen (secondary N) is 4. The summed E-state index contributed by atoms with van der Waals surface area (Å²) in [4.78, 5) is 24.8. The predicted molar refractivity (Wildman–Crippen MR) is 103 cm³/mol. The number of urea groups is 1. The van der Waals surface area contributed by atoms with Crippen molar-refractivity contribution in [1.29, 1.82) is 0 Å². The van der Waals surface area contributed by atoms with E-state index < -0.39 is 5.54 Å². The zero-order valence-corrected chi connectivity index (χ0v) is 15.8. The average molecular weight is 369 g/mol. The second-order valence-electron chi connectivity index (χ2n) is 6.21. The highest BCUT2D eigenvalue weighted by atomic mass is 35.5. The maximum Gasteiger partial charge on any atom is 0.315 e. The summed E-state index contributed by atoms with van der Waals surface area (Å²) < 4.78 is 0. The maximum atomic E-state index is 12.8. The fraction of sp³-hybridized carbons (Fsp3) is 0.556. The number of carbonyl (C=O) groups excluding carboxylic acids is 2. The van der Waals surface area contributed by atoms with Crippen molar-refractivity contribution in [3.05, 3.63) is 29.8 Å². The molecule has 0 aliphatic heterocycles. The summed E-state index contributed by atoms with van der Waals surface area (Å²) in [5.74, 6) is -0.133. The first-order valence-corrected chi connectivity index (χ1v) is 8.77. The molecule has 0 bridgehead atoms. The van der Waals surface area contributed by atoms with E-state index in [0.717, 1.165) is 37.2 Å². The van der Waals surface area contributed by atoms with Gasteiger partial charge in [0.1, 0.15) is 5.54 Å². The van der Waals surface area contributed by atoms with Gasteiger partial charge in [0, 0.05) is 18.8 Å². The second-order valence-corrected chi connectivity index (χ2v) is 6.21. The van der Waals surface area contributed by atoms with Crippen LogP contribution in [0.4, 0.5) is 10.5 Å². The van der Waals surface area contributed by atoms with Crippen LogP contribution in [0.15, 0.2) is 24.3 Å². The second kappa shape index (κ2) is 10.3. The molecule has 140 valence electrons. The number of amides is 3. The molecule has 0 saturated heterocycles. The smallest absolute Gasteiger partial charge is 0.315 e. The summed E-state index contributed by atoms with van der Waals surface area (Å²) in [6.07, 6.45) is 3.24. The zero-order chi connectivity index (χ0) is 17.4. The van der Waals surface area contributed by atoms with E-state index in [1.165, 1.54) is 0 Å². The van der Waals surface area contributed by atoms with Crippen molar-refractivity contribution in [1.82, 2.24) is 16.0 Å². The molecule has 1 aromatic carbocycles. The van der Waals surface area contributed by atoms with Crippen molar-refractivity contribution in [2.24, 2.45) is 0 Å². The van der Waals surface area contributed by atoms with E-state index in [-0.39, 0.29) is 24.3 Å². The predicted octanol–water partition coefficient (Wildman–Crippen LogP) is 2.79. The standard InChI is InChI=1S/C18H28N4O2.ClH/c1-3-19-13-14-8-7-9-15(12-14)21-16(23)18(10-5-6-11-18)22-17(24)20-4-2;/h7-9,12,19H,3-6,10-11,13H2,1-2H3,(H,21,23)(H2,20,22,24);1H. The van der Waals surface area contributed by atoms with Gasteiger partial charge in [0.15, 0.2) is 0 Å². The average Bonchev–Trinajstić information content (AvgIpc) is 3.03. The quantitative estimate of drug-likeness (QED) is 0.597. The Balaban J connectivity index is 0.00000312. The van der Waals surface area contributed by atoms with Crippen molar-refractivity contribution in [2.75, 3.05) is 18.4 Å². The molecule has 0 radical (unpaired) electrons. The molecule has 1 aliphatic rings. The Labute approximate surface area is 155 Å². The molecule has 4 N–H and O–H groups in total. The number of benzene rings is 1. The first-order chi connectivity index (χ1) is 11.6. The molecule has 2 rings (SSSR count). The van der Waals surface area contributed by atoms with E-state index in [2.05, 4.69) is 28.2 Å². The SMILES string of the molecule is CCNCc1cccc(NC(=O)C2(NC(=O)NCC)CCCC2)c1.Cl. The Morgan fingerprint density at radius 1 is 1.12 bits per heavy atom. The van der Waals surface area contributed by atoms with Gasteiger partial charge in [-0.1, -0.05) is 31.9 Å². The van der Waals surface area contributed by atoms with E-state index in [4.69, 9.17) is 0 Å². The molecular weight excluding hydrogens is 340 g/mol. The van der Waals surface area contributed by atoms with Crippen molar-refractivity contribution in [3.8, 4) is 0 Å². The monoisotopic (exact) mass is 368 g/mol. The fourth-order valence-electron chi connectivity index (χ4n) is 3.09. The molecule has 3 amide bonds. The van der Waals surface area contributed by atoms with Crippen LogP contribution in [0.2, 0.25) is 0 Å². The highest BCUT2D eigenvalue weighted by molar-refractivity contribution is 6.00. The summed E-state index contributed by atoms with van der Waals surface area (Å²) in [6, 6.07) is 7.52. The molecule has 7 heteroatoms. The lowest BCUT2D eigenvalue weighted by Gasteiger charge is -2.29. The first-order valence-electron chi connectivity index (χ1n) is 8.77. The number of halogens is 1. The van der Waals surface area contributed by atoms with Crippen LogP contribution in [-0.2, 0) is 11.3 Å². The van der Waals surface area contributed by atoms with Gasteiger partial charge in [-0.3, -0.25) is 4.79 Å². The van der Waals surface area contributed by atoms with Gasteiger partial charge in [0.25, 0.3) is 0 Å². The van der Waals surface area contributed by atoms with Gasteiger partial charge in [0.05, 0.1) is 0 Å². The summed E-state index contributed by atoms with van der Waals surface area (Å²) in [5.41, 5.74) is 1.07. The minimum Gasteiger partial charge on any atom is -0.338 e. The summed E-state index contributed by atoms with van der Waals surface area (Å²) in [7, 11) is 0. The van der Waals surface area contributed by atoms with E-state index in [9.17, 15) is 9.59 Å². The van der Waals surface area contributed by atoms with E-state index in [1.54, 1.807) is 0 Å². The topological polar surface area (TPSA) is 82.3 Å². The number of hydrogen-bond acceptors (Lipinski definition) is 3. The van der Waals surface area contributed by atoms with E-state index in [1.807, 2.05) is 31.2 Å². The molecule has 0 spiro atoms. The Kier molecular flexibility index (Phi) is 8.72. The molecule has 0 heterocycles. The molecular formula is C18H29ClN4O2. The van der Waals surface area contributed by atoms with Crippen LogP contribution in [0, 0.1) is 0 Å². The Hall–Kier alpha value is -1.79. The normalized spacial score (nSPS) is 15.1. The Morgan fingerprint density at radius 2 is 1.84 bits per heavy atom. The molecule has 1 saturated carbocycles. The number of hydrogen-bond donors (Lipinski definition) is 4. The van der Waals surface area contributed by atoms with Crippen LogP contribution in [0.5, 0.6) is 0 Å². The van der Waals surface area contributed by atoms with Gasteiger partial charge in [-0.25, -0.2) is 4.79 Å². The molecule has 0 atom stereocenters. The minimum atomic E-state index is -0.809. The highest BCUT2D eigenvalue weighted by Crippen LogP contribution is 2.31. The van der Waals surface area contributed by atoms with Gasteiger partial charge in [-0.2, -0.15) is 0 Å². The molecule has 1 fully saturated rings. The molecule has 1 aromatic rings. The Morgan fingerprint density at radius 3 is 2.48 bits per heavy atom. The van der Waals surface area contributed by atoms with Crippen molar-refractivity contribution < 1.29 is 9.59 Å². The molecule has 0 unspecified atom stereocenters. The number of carbonyl (C=O) groups is 2. The lowest BCUT2D eigenvalue weighted by atomic mass is 9.96. The van der Waals surface area contributed by atoms with Crippen molar-refractivity contribution in [2.45, 2.75) is 51.6 Å². The van der Waals surface area contributed by atoms with Crippen LogP contribution in [-0.4, -0.2) is 30.6 Å². The van der Waals surface area contributed by atoms with Crippen LogP contribution in [0.1, 0.15) is 45.1 Å². The van der Waals surface area contributed by atoms with Crippen LogP contribution in [0.25, 0.3) is 0 Å². The van der Waals surface area contributed by atoms with Crippen LogP contribution < -0.4 is 21.3 Å². The highest BCUT2D eigenvalue weighted by Gasteiger charge is 2.42. The lowest BCUT2D eigenvalue weighted by Crippen LogP contribution is -2.57. The summed E-state index contributed by atoms with van der Waals surface area (Å²) >= 11 is 0. The third-order valence-corrected chi connectivity index (χ3v) is 4.35. The molecule has 6 nitrogen and oxygen atoms in total. The fourth-order valence-corrected chi connectivity index (χ4v) is 3.09. The van der Waals surface area contributed by atoms with Gasteiger partial charge >= 0.3 is 6.03 Å². The van der Waals surface area contributed by atoms with Gasteiger partial charge in [-0.15, -0.1) is 12.4 Å². The molecule has 0 aromatic heterocycles. The Bertz CT molecular complexity index is 574. The lowest BCUT2D eigenvalue weighted by molar-refractivity contribution is -0.121. The van der Waals surface area contributed by atoms with Crippen molar-refractivity contribution in [3.63, 3.8) is 0 Å². The third kappa shape index (κ3) is 5.90. The minimum absolute atomic E-state index is 0. The third-order valence-electron chi connectivity index (χ3n) is 4.35. The molecule has 1 aliphatic carbocycles. The zero-order valence-electron chi connectivity index (χ0n) is 15.0. The summed E-state index contributed by atoms with van der Waals surface area (Å²) in [6.45, 7) is 6.12. The van der Waals surface area contributed by atoms with Gasteiger partial charge < -0.3 is 21.3 Å². The van der Waals surface area contributed by atoms with E-state index in [0.29, 0.717) is 19.4 Å². The largest absolute Gasteiger partial charge is 0.338 e. The van der Waals surface area contributed by atoms with Crippen molar-refractivity contribution >= 4 is 30.0 Å². The van der Waals surface area contributed by atoms with E-state index >= 15 is 0 Å². The number of anilines is 1. The van der Waals surface area contributed by atoms with Gasteiger partial charge in [-0.05, 0) is 44.0 Å². The van der Waals surface area contributed by atoms with Gasteiger partial charge in [0.2, 0.25) is 5.91 Å². The molecule has 25 heavy (non-hydrogen) atoms. The van der Waals surface area contributed by atoms with Crippen LogP contribution in [0.3, 0.4) is 0 Å². The van der Waals surface area contributed by atoms with Crippen LogP contribution >= 0.6 is 12.4 Å². The summed E-state index contributed by atoms with van der Waals surface area (Å²) in [5, 5.41) is 11.8. The first kappa shape index (κ1) is 21.3. The number of rotatable bonds is 7.